The van der Waals surface area contributed by atoms with E-state index in [0.717, 1.165) is 11.4 Å². The van der Waals surface area contributed by atoms with Crippen LogP contribution in [0.4, 0.5) is 5.69 Å². The van der Waals surface area contributed by atoms with Crippen LogP contribution in [0.1, 0.15) is 0 Å². The number of likely N-dealkylation sites (N-methyl/N-ethyl adjacent to an activating group) is 1. The second kappa shape index (κ2) is 5.07. The van der Waals surface area contributed by atoms with E-state index in [1.165, 1.54) is 0 Å². The Labute approximate surface area is 85.7 Å². The van der Waals surface area contributed by atoms with Crippen LogP contribution in [0, 0.1) is 0 Å². The standard InChI is InChI=1S/C13H15N/c1-4-5-9-12(2)14(3)13-10-7-6-8-11-13/h4-11H,1-2H2,3H3. The molecule has 1 aromatic carbocycles. The molecule has 0 saturated carbocycles. The fraction of sp³-hybridized carbons (Fsp3) is 0.0769. The molecule has 0 fully saturated rings. The van der Waals surface area contributed by atoms with Gasteiger partial charge < -0.3 is 4.90 Å². The van der Waals surface area contributed by atoms with Crippen molar-refractivity contribution in [1.29, 1.82) is 0 Å². The van der Waals surface area contributed by atoms with Crippen molar-refractivity contribution in [2.75, 3.05) is 11.9 Å². The molecule has 0 heterocycles. The molecule has 0 atom stereocenters. The van der Waals surface area contributed by atoms with Crippen LogP contribution in [0.15, 0.2) is 67.4 Å². The summed E-state index contributed by atoms with van der Waals surface area (Å²) in [6.07, 6.45) is 5.55. The number of anilines is 1. The van der Waals surface area contributed by atoms with E-state index in [1.54, 1.807) is 6.08 Å². The van der Waals surface area contributed by atoms with E-state index in [0.29, 0.717) is 0 Å². The van der Waals surface area contributed by atoms with Crippen LogP contribution in [0.2, 0.25) is 0 Å². The van der Waals surface area contributed by atoms with Gasteiger partial charge in [-0.15, -0.1) is 0 Å². The highest BCUT2D eigenvalue weighted by Crippen LogP contribution is 2.15. The Balaban J connectivity index is 2.75. The van der Waals surface area contributed by atoms with Gasteiger partial charge in [0.2, 0.25) is 0 Å². The van der Waals surface area contributed by atoms with Crippen LogP contribution in [0.5, 0.6) is 0 Å². The third-order valence-electron chi connectivity index (χ3n) is 2.00. The average molecular weight is 185 g/mol. The van der Waals surface area contributed by atoms with Crippen LogP contribution in [0.25, 0.3) is 0 Å². The van der Waals surface area contributed by atoms with E-state index < -0.39 is 0 Å². The number of rotatable bonds is 4. The van der Waals surface area contributed by atoms with E-state index in [1.807, 2.05) is 54.4 Å². The molecule has 1 aromatic rings. The molecule has 0 aliphatic heterocycles. The molecule has 1 nitrogen and oxygen atoms in total. The Bertz CT molecular complexity index is 336. The zero-order valence-corrected chi connectivity index (χ0v) is 8.48. The van der Waals surface area contributed by atoms with Gasteiger partial charge in [-0.3, -0.25) is 0 Å². The second-order valence-corrected chi connectivity index (χ2v) is 2.98. The molecule has 0 aliphatic carbocycles. The maximum atomic E-state index is 3.96. The lowest BCUT2D eigenvalue weighted by molar-refractivity contribution is 1.15. The van der Waals surface area contributed by atoms with E-state index in [2.05, 4.69) is 13.2 Å². The molecule has 0 unspecified atom stereocenters. The second-order valence-electron chi connectivity index (χ2n) is 2.98. The normalized spacial score (nSPS) is 10.1. The number of hydrogen-bond donors (Lipinski definition) is 0. The SMILES string of the molecule is C=CC=CC(=C)N(C)c1ccccc1. The minimum absolute atomic E-state index is 0.941. The van der Waals surface area contributed by atoms with Crippen LogP contribution in [0.3, 0.4) is 0 Å². The summed E-state index contributed by atoms with van der Waals surface area (Å²) in [5, 5.41) is 0. The summed E-state index contributed by atoms with van der Waals surface area (Å²) in [5.41, 5.74) is 2.07. The van der Waals surface area contributed by atoms with E-state index in [9.17, 15) is 0 Å². The van der Waals surface area contributed by atoms with Crippen molar-refractivity contribution in [3.8, 4) is 0 Å². The van der Waals surface area contributed by atoms with Crippen LogP contribution in [-0.4, -0.2) is 7.05 Å². The zero-order valence-electron chi connectivity index (χ0n) is 8.48. The lowest BCUT2D eigenvalue weighted by Gasteiger charge is -2.19. The lowest BCUT2D eigenvalue weighted by atomic mass is 10.2. The van der Waals surface area contributed by atoms with Crippen molar-refractivity contribution in [2.45, 2.75) is 0 Å². The summed E-state index contributed by atoms with van der Waals surface area (Å²) in [6.45, 7) is 7.58. The van der Waals surface area contributed by atoms with Gasteiger partial charge in [-0.25, -0.2) is 0 Å². The van der Waals surface area contributed by atoms with Gasteiger partial charge in [0.1, 0.15) is 0 Å². The Morgan fingerprint density at radius 2 is 1.93 bits per heavy atom. The van der Waals surface area contributed by atoms with Crippen molar-refractivity contribution in [3.63, 3.8) is 0 Å². The fourth-order valence-electron chi connectivity index (χ4n) is 1.11. The third kappa shape index (κ3) is 2.63. The predicted octanol–water partition coefficient (Wildman–Crippen LogP) is 3.38. The summed E-state index contributed by atoms with van der Waals surface area (Å²) in [7, 11) is 1.99. The summed E-state index contributed by atoms with van der Waals surface area (Å²) in [6, 6.07) is 10.1. The van der Waals surface area contributed by atoms with Gasteiger partial charge in [-0.05, 0) is 18.2 Å². The minimum Gasteiger partial charge on any atom is -0.345 e. The van der Waals surface area contributed by atoms with Gasteiger partial charge in [0, 0.05) is 18.4 Å². The van der Waals surface area contributed by atoms with Crippen LogP contribution >= 0.6 is 0 Å². The number of allylic oxidation sites excluding steroid dienone is 3. The monoisotopic (exact) mass is 185 g/mol. The summed E-state index contributed by atoms with van der Waals surface area (Å²) in [4.78, 5) is 2.03. The van der Waals surface area contributed by atoms with Gasteiger partial charge in [0.25, 0.3) is 0 Å². The first kappa shape index (κ1) is 10.3. The molecule has 0 saturated heterocycles. The highest BCUT2D eigenvalue weighted by atomic mass is 15.1. The largest absolute Gasteiger partial charge is 0.345 e. The highest BCUT2D eigenvalue weighted by molar-refractivity contribution is 5.52. The lowest BCUT2D eigenvalue weighted by Crippen LogP contribution is -2.13. The topological polar surface area (TPSA) is 3.24 Å². The summed E-state index contributed by atoms with van der Waals surface area (Å²) >= 11 is 0. The van der Waals surface area contributed by atoms with Crippen molar-refractivity contribution in [2.24, 2.45) is 0 Å². The fourth-order valence-corrected chi connectivity index (χ4v) is 1.11. The molecule has 1 heteroatoms. The smallest absolute Gasteiger partial charge is 0.0407 e. The Morgan fingerprint density at radius 3 is 2.50 bits per heavy atom. The first-order valence-electron chi connectivity index (χ1n) is 4.52. The summed E-state index contributed by atoms with van der Waals surface area (Å²) < 4.78 is 0. The first-order valence-corrected chi connectivity index (χ1v) is 4.52. The van der Waals surface area contributed by atoms with Gasteiger partial charge in [0.15, 0.2) is 0 Å². The maximum absolute atomic E-state index is 3.96. The number of benzene rings is 1. The predicted molar refractivity (Wildman–Crippen MR) is 63.3 cm³/mol. The van der Waals surface area contributed by atoms with Gasteiger partial charge >= 0.3 is 0 Å². The van der Waals surface area contributed by atoms with Gasteiger partial charge in [0.05, 0.1) is 0 Å². The van der Waals surface area contributed by atoms with E-state index >= 15 is 0 Å². The quantitative estimate of drug-likeness (QED) is 0.650. The molecule has 72 valence electrons. The Morgan fingerprint density at radius 1 is 1.29 bits per heavy atom. The van der Waals surface area contributed by atoms with Crippen molar-refractivity contribution < 1.29 is 0 Å². The maximum Gasteiger partial charge on any atom is 0.0407 e. The van der Waals surface area contributed by atoms with E-state index in [-0.39, 0.29) is 0 Å². The molecule has 0 spiro atoms. The molecular formula is C13H15N. The molecule has 0 aromatic heterocycles. The number of nitrogens with zero attached hydrogens (tertiary/aromatic N) is 1. The van der Waals surface area contributed by atoms with Gasteiger partial charge in [-0.1, -0.05) is 43.5 Å². The number of para-hydroxylation sites is 1. The highest BCUT2D eigenvalue weighted by Gasteiger charge is 1.99. The van der Waals surface area contributed by atoms with Crippen molar-refractivity contribution >= 4 is 5.69 Å². The Hall–Kier alpha value is -1.76. The molecule has 0 radical (unpaired) electrons. The van der Waals surface area contributed by atoms with Gasteiger partial charge in [-0.2, -0.15) is 0 Å². The first-order chi connectivity index (χ1) is 6.75. The van der Waals surface area contributed by atoms with Crippen LogP contribution < -0.4 is 4.90 Å². The van der Waals surface area contributed by atoms with Crippen molar-refractivity contribution in [3.05, 3.63) is 67.4 Å². The molecule has 0 bridgehead atoms. The van der Waals surface area contributed by atoms with Crippen LogP contribution in [-0.2, 0) is 0 Å². The summed E-state index contributed by atoms with van der Waals surface area (Å²) in [5.74, 6) is 0. The molecule has 14 heavy (non-hydrogen) atoms. The zero-order chi connectivity index (χ0) is 10.4. The number of hydrogen-bond acceptors (Lipinski definition) is 1. The average Bonchev–Trinajstić information content (AvgIpc) is 2.26. The molecule has 0 N–H and O–H groups in total. The molecule has 0 aliphatic rings. The third-order valence-corrected chi connectivity index (χ3v) is 2.00. The Kier molecular flexibility index (Phi) is 3.74. The minimum atomic E-state index is 0.941. The molecule has 0 amide bonds. The van der Waals surface area contributed by atoms with E-state index in [4.69, 9.17) is 0 Å². The molecule has 1 rings (SSSR count). The molecular weight excluding hydrogens is 170 g/mol. The van der Waals surface area contributed by atoms with Crippen molar-refractivity contribution in [1.82, 2.24) is 0 Å².